The molecule has 1 N–H and O–H groups in total. The number of nitro benzene ring substituents is 2. The third-order valence-electron chi connectivity index (χ3n) is 6.48. The lowest BCUT2D eigenvalue weighted by Crippen LogP contribution is -2.48. The lowest BCUT2D eigenvalue weighted by atomic mass is 10.1. The molecule has 4 rings (SSSR count). The van der Waals surface area contributed by atoms with Crippen molar-refractivity contribution in [3.63, 3.8) is 0 Å². The number of carbonyl (C=O) groups is 1. The Balaban J connectivity index is 1.47. The van der Waals surface area contributed by atoms with Crippen molar-refractivity contribution in [2.75, 3.05) is 43.0 Å². The molecule has 11 nitrogen and oxygen atoms in total. The monoisotopic (exact) mass is 519 g/mol. The molecule has 1 heterocycles. The van der Waals surface area contributed by atoms with Gasteiger partial charge in [-0.05, 0) is 43.7 Å². The van der Waals surface area contributed by atoms with Gasteiger partial charge in [-0.1, -0.05) is 30.3 Å². The number of nitro groups is 2. The molecule has 3 aromatic rings. The van der Waals surface area contributed by atoms with Crippen LogP contribution < -0.4 is 15.0 Å². The average molecular weight is 520 g/mol. The fourth-order valence-corrected chi connectivity index (χ4v) is 4.47. The normalized spacial score (nSPS) is 14.1. The van der Waals surface area contributed by atoms with Gasteiger partial charge in [0.15, 0.2) is 5.75 Å². The van der Waals surface area contributed by atoms with Gasteiger partial charge < -0.3 is 19.9 Å². The zero-order valence-corrected chi connectivity index (χ0v) is 21.2. The van der Waals surface area contributed by atoms with Crippen LogP contribution in [0.15, 0.2) is 66.7 Å². The van der Waals surface area contributed by atoms with Crippen LogP contribution in [0.1, 0.15) is 35.8 Å². The average Bonchev–Trinajstić information content (AvgIpc) is 2.93. The first-order valence-electron chi connectivity index (χ1n) is 12.3. The minimum Gasteiger partial charge on any atom is -0.487 e. The van der Waals surface area contributed by atoms with Crippen LogP contribution in [0.5, 0.6) is 5.75 Å². The van der Waals surface area contributed by atoms with Crippen LogP contribution >= 0.6 is 0 Å². The number of hydrogen-bond acceptors (Lipinski definition) is 8. The molecule has 11 heteroatoms. The van der Waals surface area contributed by atoms with Crippen LogP contribution in [-0.4, -0.2) is 53.4 Å². The van der Waals surface area contributed by atoms with E-state index in [2.05, 4.69) is 10.2 Å². The van der Waals surface area contributed by atoms with Crippen LogP contribution in [0.3, 0.4) is 0 Å². The second-order valence-corrected chi connectivity index (χ2v) is 8.89. The molecular weight excluding hydrogens is 490 g/mol. The van der Waals surface area contributed by atoms with Crippen molar-refractivity contribution in [2.24, 2.45) is 0 Å². The Morgan fingerprint density at radius 2 is 1.63 bits per heavy atom. The van der Waals surface area contributed by atoms with E-state index in [9.17, 15) is 25.0 Å². The van der Waals surface area contributed by atoms with Crippen molar-refractivity contribution in [1.29, 1.82) is 0 Å². The second-order valence-electron chi connectivity index (χ2n) is 8.89. The lowest BCUT2D eigenvalue weighted by Gasteiger charge is -2.36. The van der Waals surface area contributed by atoms with E-state index < -0.39 is 9.85 Å². The first-order chi connectivity index (χ1) is 18.3. The summed E-state index contributed by atoms with van der Waals surface area (Å²) in [4.78, 5) is 38.9. The molecule has 1 aliphatic heterocycles. The molecule has 0 radical (unpaired) electrons. The first-order valence-corrected chi connectivity index (χ1v) is 12.3. The molecule has 0 saturated carbocycles. The van der Waals surface area contributed by atoms with Gasteiger partial charge in [0.25, 0.3) is 11.6 Å². The molecular formula is C27H29N5O6. The molecule has 0 aromatic heterocycles. The highest BCUT2D eigenvalue weighted by Gasteiger charge is 2.26. The fourth-order valence-electron chi connectivity index (χ4n) is 4.47. The van der Waals surface area contributed by atoms with Crippen molar-refractivity contribution < 1.29 is 19.4 Å². The van der Waals surface area contributed by atoms with Crippen LogP contribution in [-0.2, 0) is 0 Å². The van der Waals surface area contributed by atoms with Gasteiger partial charge in [-0.2, -0.15) is 0 Å². The number of nitrogens with zero attached hydrogens (tertiary/aromatic N) is 4. The highest BCUT2D eigenvalue weighted by molar-refractivity contribution is 5.95. The van der Waals surface area contributed by atoms with E-state index in [4.69, 9.17) is 4.74 Å². The van der Waals surface area contributed by atoms with Crippen LogP contribution in [0.2, 0.25) is 0 Å². The van der Waals surface area contributed by atoms with Crippen LogP contribution in [0.25, 0.3) is 0 Å². The minimum absolute atomic E-state index is 0.0116. The van der Waals surface area contributed by atoms with Gasteiger partial charge in [0.05, 0.1) is 16.5 Å². The third kappa shape index (κ3) is 5.83. The molecule has 1 saturated heterocycles. The molecule has 38 heavy (non-hydrogen) atoms. The lowest BCUT2D eigenvalue weighted by molar-refractivity contribution is -0.385. The van der Waals surface area contributed by atoms with E-state index in [1.165, 1.54) is 24.3 Å². The number of anilines is 2. The standard InChI is InChI=1S/C27H29N5O6/c1-3-38-26-12-9-21(17-25(26)32(36)37)27(33)30-15-13-29(14-16-30)22-10-11-24(31(34)35)23(18-22)28-19(2)20-7-5-4-6-8-20/h4-12,17-19,28H,3,13-16H2,1-2H3/t19-/m1/s1. The van der Waals surface area contributed by atoms with Gasteiger partial charge >= 0.3 is 5.69 Å². The highest BCUT2D eigenvalue weighted by atomic mass is 16.6. The van der Waals surface area contributed by atoms with Crippen molar-refractivity contribution >= 4 is 28.7 Å². The quantitative estimate of drug-likeness (QED) is 0.307. The number of amides is 1. The predicted octanol–water partition coefficient (Wildman–Crippen LogP) is 5.04. The highest BCUT2D eigenvalue weighted by Crippen LogP contribution is 2.33. The number of ether oxygens (including phenoxy) is 1. The summed E-state index contributed by atoms with van der Waals surface area (Å²) in [5.41, 5.74) is 2.21. The molecule has 0 aliphatic carbocycles. The zero-order chi connectivity index (χ0) is 27.2. The first kappa shape index (κ1) is 26.4. The number of hydrogen-bond donors (Lipinski definition) is 1. The molecule has 1 fully saturated rings. The van der Waals surface area contributed by atoms with Gasteiger partial charge in [-0.25, -0.2) is 0 Å². The Hall–Kier alpha value is -4.67. The Labute approximate surface area is 219 Å². The van der Waals surface area contributed by atoms with Gasteiger partial charge in [-0.15, -0.1) is 0 Å². The SMILES string of the molecule is CCOc1ccc(C(=O)N2CCN(c3ccc([N+](=O)[O-])c(N[C@H](C)c4ccccc4)c3)CC2)cc1[N+](=O)[O-]. The molecule has 198 valence electrons. The molecule has 1 aliphatic rings. The van der Waals surface area contributed by atoms with E-state index >= 15 is 0 Å². The Kier molecular flexibility index (Phi) is 8.05. The summed E-state index contributed by atoms with van der Waals surface area (Å²) < 4.78 is 5.30. The topological polar surface area (TPSA) is 131 Å². The van der Waals surface area contributed by atoms with Gasteiger partial charge in [0.2, 0.25) is 0 Å². The van der Waals surface area contributed by atoms with Gasteiger partial charge in [-0.3, -0.25) is 25.0 Å². The Morgan fingerprint density at radius 1 is 0.947 bits per heavy atom. The van der Waals surface area contributed by atoms with E-state index in [1.54, 1.807) is 24.0 Å². The van der Waals surface area contributed by atoms with Gasteiger partial charge in [0.1, 0.15) is 5.69 Å². The zero-order valence-electron chi connectivity index (χ0n) is 21.2. The van der Waals surface area contributed by atoms with Crippen molar-refractivity contribution in [1.82, 2.24) is 4.90 Å². The molecule has 3 aromatic carbocycles. The predicted molar refractivity (Wildman–Crippen MR) is 144 cm³/mol. The Bertz CT molecular complexity index is 1320. The van der Waals surface area contributed by atoms with E-state index in [0.717, 1.165) is 11.3 Å². The molecule has 1 atom stereocenters. The van der Waals surface area contributed by atoms with Crippen molar-refractivity contribution in [2.45, 2.75) is 19.9 Å². The summed E-state index contributed by atoms with van der Waals surface area (Å²) in [5, 5.41) is 26.4. The van der Waals surface area contributed by atoms with Crippen molar-refractivity contribution in [3.05, 3.63) is 98.1 Å². The maximum atomic E-state index is 13.1. The van der Waals surface area contributed by atoms with Gasteiger partial charge in [0, 0.05) is 55.6 Å². The number of rotatable bonds is 9. The molecule has 1 amide bonds. The minimum atomic E-state index is -0.557. The van der Waals surface area contributed by atoms with E-state index in [-0.39, 0.29) is 41.2 Å². The smallest absolute Gasteiger partial charge is 0.311 e. The summed E-state index contributed by atoms with van der Waals surface area (Å²) in [5.74, 6) is -0.165. The number of benzene rings is 3. The maximum Gasteiger partial charge on any atom is 0.311 e. The maximum absolute atomic E-state index is 13.1. The number of piperazine rings is 1. The second kappa shape index (κ2) is 11.6. The van der Waals surface area contributed by atoms with Crippen LogP contribution in [0, 0.1) is 20.2 Å². The molecule has 0 spiro atoms. The third-order valence-corrected chi connectivity index (χ3v) is 6.48. The fraction of sp³-hybridized carbons (Fsp3) is 0.296. The summed E-state index contributed by atoms with van der Waals surface area (Å²) in [7, 11) is 0. The summed E-state index contributed by atoms with van der Waals surface area (Å²) in [6.45, 7) is 5.78. The van der Waals surface area contributed by atoms with Crippen LogP contribution in [0.4, 0.5) is 22.7 Å². The number of carbonyl (C=O) groups excluding carboxylic acids is 1. The molecule has 0 bridgehead atoms. The summed E-state index contributed by atoms with van der Waals surface area (Å²) in [6, 6.07) is 18.8. The van der Waals surface area contributed by atoms with E-state index in [1.807, 2.05) is 37.3 Å². The Morgan fingerprint density at radius 3 is 2.26 bits per heavy atom. The summed E-state index contributed by atoms with van der Waals surface area (Å²) >= 11 is 0. The number of nitrogens with one attached hydrogen (secondary N) is 1. The largest absolute Gasteiger partial charge is 0.487 e. The van der Waals surface area contributed by atoms with E-state index in [0.29, 0.717) is 31.9 Å². The van der Waals surface area contributed by atoms with Crippen molar-refractivity contribution in [3.8, 4) is 5.75 Å². The summed E-state index contributed by atoms with van der Waals surface area (Å²) in [6.07, 6.45) is 0. The molecule has 0 unspecified atom stereocenters.